The summed E-state index contributed by atoms with van der Waals surface area (Å²) in [6, 6.07) is 15.2. The molecule has 4 heteroatoms. The molecule has 2 rings (SSSR count). The molecule has 19 heavy (non-hydrogen) atoms. The highest BCUT2D eigenvalue weighted by molar-refractivity contribution is 5.57. The van der Waals surface area contributed by atoms with Crippen LogP contribution in [0.1, 0.15) is 16.7 Å². The molecule has 3 nitrogen and oxygen atoms in total. The Morgan fingerprint density at radius 3 is 2.37 bits per heavy atom. The number of halogens is 1. The smallest absolute Gasteiger partial charge is 0.124 e. The third kappa shape index (κ3) is 3.08. The van der Waals surface area contributed by atoms with E-state index >= 15 is 0 Å². The topological polar surface area (TPSA) is 59.6 Å². The van der Waals surface area contributed by atoms with Crippen LogP contribution in [0.2, 0.25) is 0 Å². The van der Waals surface area contributed by atoms with Crippen molar-refractivity contribution in [2.75, 3.05) is 5.32 Å². The maximum absolute atomic E-state index is 13.0. The molecule has 0 aliphatic carbocycles. The van der Waals surface area contributed by atoms with Crippen LogP contribution in [0.3, 0.4) is 0 Å². The van der Waals surface area contributed by atoms with Crippen molar-refractivity contribution in [2.45, 2.75) is 6.54 Å². The lowest BCUT2D eigenvalue weighted by atomic mass is 10.1. The van der Waals surface area contributed by atoms with Gasteiger partial charge in [-0.25, -0.2) is 4.39 Å². The van der Waals surface area contributed by atoms with Gasteiger partial charge in [-0.05, 0) is 35.9 Å². The highest BCUT2D eigenvalue weighted by Crippen LogP contribution is 2.17. The minimum Gasteiger partial charge on any atom is -0.380 e. The Morgan fingerprint density at radius 2 is 1.74 bits per heavy atom. The molecular weight excluding hydrogens is 241 g/mol. The SMILES string of the molecule is N#Cc1ccc(CNc2ccc(F)cc2C#N)cc1. The summed E-state index contributed by atoms with van der Waals surface area (Å²) in [6.07, 6.45) is 0. The normalized spacial score (nSPS) is 9.42. The molecule has 2 aromatic rings. The van der Waals surface area contributed by atoms with Crippen LogP contribution in [0.15, 0.2) is 42.5 Å². The van der Waals surface area contributed by atoms with Crippen LogP contribution < -0.4 is 5.32 Å². The molecule has 0 aromatic heterocycles. The largest absolute Gasteiger partial charge is 0.380 e. The van der Waals surface area contributed by atoms with Crippen molar-refractivity contribution in [1.29, 1.82) is 10.5 Å². The number of hydrogen-bond acceptors (Lipinski definition) is 3. The molecule has 0 aliphatic heterocycles. The van der Waals surface area contributed by atoms with Crippen LogP contribution in [0.25, 0.3) is 0 Å². The molecule has 0 spiro atoms. The second-order valence-electron chi connectivity index (χ2n) is 3.96. The van der Waals surface area contributed by atoms with E-state index in [1.54, 1.807) is 12.1 Å². The van der Waals surface area contributed by atoms with Crippen molar-refractivity contribution in [3.63, 3.8) is 0 Å². The zero-order valence-corrected chi connectivity index (χ0v) is 10.0. The average molecular weight is 251 g/mol. The summed E-state index contributed by atoms with van der Waals surface area (Å²) in [4.78, 5) is 0. The van der Waals surface area contributed by atoms with Gasteiger partial charge in [0.25, 0.3) is 0 Å². The number of nitrogens with one attached hydrogen (secondary N) is 1. The van der Waals surface area contributed by atoms with Crippen molar-refractivity contribution >= 4 is 5.69 Å². The van der Waals surface area contributed by atoms with E-state index in [4.69, 9.17) is 10.5 Å². The zero-order chi connectivity index (χ0) is 13.7. The third-order valence-corrected chi connectivity index (χ3v) is 2.67. The highest BCUT2D eigenvalue weighted by Gasteiger charge is 2.03. The number of nitrogens with zero attached hydrogens (tertiary/aromatic N) is 2. The standard InChI is InChI=1S/C15H10FN3/c16-14-5-6-15(13(7-14)9-18)19-10-12-3-1-11(8-17)2-4-12/h1-7,19H,10H2. The van der Waals surface area contributed by atoms with Gasteiger partial charge in [0.1, 0.15) is 11.9 Å². The van der Waals surface area contributed by atoms with Crippen molar-refractivity contribution in [2.24, 2.45) is 0 Å². The Hall–Kier alpha value is -2.85. The fourth-order valence-corrected chi connectivity index (χ4v) is 1.66. The first-order valence-electron chi connectivity index (χ1n) is 5.65. The predicted molar refractivity (Wildman–Crippen MR) is 69.6 cm³/mol. The lowest BCUT2D eigenvalue weighted by molar-refractivity contribution is 0.627. The molecule has 0 atom stereocenters. The Morgan fingerprint density at radius 1 is 1.00 bits per heavy atom. The van der Waals surface area contributed by atoms with Crippen LogP contribution in [0.5, 0.6) is 0 Å². The molecular formula is C15H10FN3. The number of rotatable bonds is 3. The van der Waals surface area contributed by atoms with E-state index in [0.29, 0.717) is 17.8 Å². The van der Waals surface area contributed by atoms with Crippen LogP contribution in [-0.4, -0.2) is 0 Å². The van der Waals surface area contributed by atoms with E-state index in [9.17, 15) is 4.39 Å². The summed E-state index contributed by atoms with van der Waals surface area (Å²) in [7, 11) is 0. The maximum atomic E-state index is 13.0. The molecule has 0 saturated carbocycles. The van der Waals surface area contributed by atoms with Crippen molar-refractivity contribution in [3.8, 4) is 12.1 Å². The fraction of sp³-hybridized carbons (Fsp3) is 0.0667. The molecule has 92 valence electrons. The van der Waals surface area contributed by atoms with Crippen molar-refractivity contribution in [3.05, 3.63) is 65.0 Å². The lowest BCUT2D eigenvalue weighted by Crippen LogP contribution is -2.01. The second kappa shape index (κ2) is 5.66. The molecule has 0 amide bonds. The van der Waals surface area contributed by atoms with Gasteiger partial charge in [-0.1, -0.05) is 12.1 Å². The van der Waals surface area contributed by atoms with E-state index < -0.39 is 5.82 Å². The molecule has 2 aromatic carbocycles. The van der Waals surface area contributed by atoms with Crippen LogP contribution in [0.4, 0.5) is 10.1 Å². The molecule has 1 N–H and O–H groups in total. The molecule has 0 unspecified atom stereocenters. The van der Waals surface area contributed by atoms with Gasteiger partial charge >= 0.3 is 0 Å². The average Bonchev–Trinajstić information content (AvgIpc) is 2.46. The number of anilines is 1. The first-order chi connectivity index (χ1) is 9.22. The Labute approximate surface area is 110 Å². The third-order valence-electron chi connectivity index (χ3n) is 2.67. The Balaban J connectivity index is 2.10. The molecule has 0 fully saturated rings. The van der Waals surface area contributed by atoms with Gasteiger partial charge < -0.3 is 5.32 Å². The fourth-order valence-electron chi connectivity index (χ4n) is 1.66. The van der Waals surface area contributed by atoms with Crippen LogP contribution in [0, 0.1) is 28.5 Å². The zero-order valence-electron chi connectivity index (χ0n) is 10.0. The predicted octanol–water partition coefficient (Wildman–Crippen LogP) is 3.18. The van der Waals surface area contributed by atoms with E-state index in [1.807, 2.05) is 24.3 Å². The van der Waals surface area contributed by atoms with Gasteiger partial charge in [0, 0.05) is 6.54 Å². The van der Waals surface area contributed by atoms with E-state index in [2.05, 4.69) is 5.32 Å². The summed E-state index contributed by atoms with van der Waals surface area (Å²) in [5.41, 5.74) is 2.44. The molecule has 0 radical (unpaired) electrons. The van der Waals surface area contributed by atoms with Gasteiger partial charge in [0.15, 0.2) is 0 Å². The van der Waals surface area contributed by atoms with Gasteiger partial charge in [-0.3, -0.25) is 0 Å². The molecule has 0 heterocycles. The number of nitriles is 2. The monoisotopic (exact) mass is 251 g/mol. The van der Waals surface area contributed by atoms with Gasteiger partial charge in [-0.2, -0.15) is 10.5 Å². The van der Waals surface area contributed by atoms with Gasteiger partial charge in [0.05, 0.1) is 22.9 Å². The summed E-state index contributed by atoms with van der Waals surface area (Å²) < 4.78 is 13.0. The van der Waals surface area contributed by atoms with Crippen LogP contribution in [-0.2, 0) is 6.54 Å². The molecule has 0 aliphatic rings. The summed E-state index contributed by atoms with van der Waals surface area (Å²) in [5, 5.41) is 20.7. The summed E-state index contributed by atoms with van der Waals surface area (Å²) in [6.45, 7) is 0.506. The Bertz CT molecular complexity index is 663. The Kier molecular flexibility index (Phi) is 3.75. The first kappa shape index (κ1) is 12.6. The summed E-state index contributed by atoms with van der Waals surface area (Å²) >= 11 is 0. The van der Waals surface area contributed by atoms with Crippen LogP contribution >= 0.6 is 0 Å². The van der Waals surface area contributed by atoms with Gasteiger partial charge in [-0.15, -0.1) is 0 Å². The van der Waals surface area contributed by atoms with Crippen molar-refractivity contribution < 1.29 is 4.39 Å². The van der Waals surface area contributed by atoms with Gasteiger partial charge in [0.2, 0.25) is 0 Å². The van der Waals surface area contributed by atoms with Crippen molar-refractivity contribution in [1.82, 2.24) is 0 Å². The van der Waals surface area contributed by atoms with E-state index in [1.165, 1.54) is 18.2 Å². The van der Waals surface area contributed by atoms with E-state index in [0.717, 1.165) is 5.56 Å². The quantitative estimate of drug-likeness (QED) is 0.911. The molecule has 0 bridgehead atoms. The summed E-state index contributed by atoms with van der Waals surface area (Å²) in [5.74, 6) is -0.430. The lowest BCUT2D eigenvalue weighted by Gasteiger charge is -2.08. The minimum atomic E-state index is -0.430. The number of hydrogen-bond donors (Lipinski definition) is 1. The molecule has 0 saturated heterocycles. The second-order valence-corrected chi connectivity index (χ2v) is 3.96. The minimum absolute atomic E-state index is 0.272. The van der Waals surface area contributed by atoms with E-state index in [-0.39, 0.29) is 5.56 Å². The highest BCUT2D eigenvalue weighted by atomic mass is 19.1. The maximum Gasteiger partial charge on any atom is 0.124 e. The number of benzene rings is 2. The first-order valence-corrected chi connectivity index (χ1v) is 5.65.